The average molecular weight is 332 g/mol. The van der Waals surface area contributed by atoms with Crippen molar-refractivity contribution >= 4 is 6.09 Å². The fraction of sp³-hybridized carbons (Fsp3) is 0.632. The van der Waals surface area contributed by atoms with Crippen LogP contribution < -0.4 is 5.32 Å². The maximum atomic E-state index is 12.1. The Balaban J connectivity index is 1.33. The van der Waals surface area contributed by atoms with Crippen LogP contribution in [0.15, 0.2) is 30.3 Å². The maximum absolute atomic E-state index is 12.1. The number of nitrogens with one attached hydrogen (secondary N) is 1. The SMILES string of the molecule is O=C(OCc1ccccc1)N1CCC(OCC2CCNCC2)CC1. The van der Waals surface area contributed by atoms with Crippen LogP contribution in [0.5, 0.6) is 0 Å². The van der Waals surface area contributed by atoms with Gasteiger partial charge in [-0.3, -0.25) is 0 Å². The van der Waals surface area contributed by atoms with E-state index < -0.39 is 0 Å². The second kappa shape index (κ2) is 9.04. The molecule has 0 radical (unpaired) electrons. The molecule has 1 amide bonds. The van der Waals surface area contributed by atoms with Crippen molar-refractivity contribution in [1.29, 1.82) is 0 Å². The Morgan fingerprint density at radius 2 is 1.79 bits per heavy atom. The molecule has 1 aromatic rings. The lowest BCUT2D eigenvalue weighted by Gasteiger charge is -2.32. The van der Waals surface area contributed by atoms with Crippen molar-refractivity contribution in [3.63, 3.8) is 0 Å². The summed E-state index contributed by atoms with van der Waals surface area (Å²) in [6, 6.07) is 9.80. The minimum atomic E-state index is -0.212. The van der Waals surface area contributed by atoms with Gasteiger partial charge < -0.3 is 19.7 Å². The first kappa shape index (κ1) is 17.2. The molecule has 2 aliphatic heterocycles. The molecule has 2 fully saturated rings. The highest BCUT2D eigenvalue weighted by atomic mass is 16.6. The van der Waals surface area contributed by atoms with E-state index in [9.17, 15) is 4.79 Å². The third kappa shape index (κ3) is 5.21. The summed E-state index contributed by atoms with van der Waals surface area (Å²) in [5.41, 5.74) is 1.02. The topological polar surface area (TPSA) is 50.8 Å². The largest absolute Gasteiger partial charge is 0.445 e. The van der Waals surface area contributed by atoms with E-state index in [1.807, 2.05) is 30.3 Å². The van der Waals surface area contributed by atoms with Crippen molar-refractivity contribution in [3.05, 3.63) is 35.9 Å². The summed E-state index contributed by atoms with van der Waals surface area (Å²) in [6.07, 6.45) is 4.32. The van der Waals surface area contributed by atoms with Crippen molar-refractivity contribution in [2.75, 3.05) is 32.8 Å². The smallest absolute Gasteiger partial charge is 0.410 e. The van der Waals surface area contributed by atoms with Crippen LogP contribution in [0.4, 0.5) is 4.79 Å². The van der Waals surface area contributed by atoms with E-state index in [-0.39, 0.29) is 12.2 Å². The van der Waals surface area contributed by atoms with E-state index in [0.717, 1.165) is 51.2 Å². The molecule has 3 rings (SSSR count). The van der Waals surface area contributed by atoms with Gasteiger partial charge in [-0.1, -0.05) is 30.3 Å². The van der Waals surface area contributed by atoms with Gasteiger partial charge in [-0.2, -0.15) is 0 Å². The maximum Gasteiger partial charge on any atom is 0.410 e. The Morgan fingerprint density at radius 3 is 2.50 bits per heavy atom. The highest BCUT2D eigenvalue weighted by Crippen LogP contribution is 2.18. The summed E-state index contributed by atoms with van der Waals surface area (Å²) in [7, 11) is 0. The van der Waals surface area contributed by atoms with Crippen molar-refractivity contribution in [2.45, 2.75) is 38.4 Å². The number of hydrogen-bond acceptors (Lipinski definition) is 4. The summed E-state index contributed by atoms with van der Waals surface area (Å²) in [6.45, 7) is 4.88. The number of carbonyl (C=O) groups excluding carboxylic acids is 1. The number of carbonyl (C=O) groups is 1. The molecule has 2 saturated heterocycles. The third-order valence-electron chi connectivity index (χ3n) is 4.93. The van der Waals surface area contributed by atoms with E-state index in [1.54, 1.807) is 4.90 Å². The minimum Gasteiger partial charge on any atom is -0.445 e. The van der Waals surface area contributed by atoms with Crippen molar-refractivity contribution in [1.82, 2.24) is 10.2 Å². The Labute approximate surface area is 144 Å². The lowest BCUT2D eigenvalue weighted by Crippen LogP contribution is -2.41. The number of piperidine rings is 2. The van der Waals surface area contributed by atoms with Crippen LogP contribution in [0.2, 0.25) is 0 Å². The number of amides is 1. The molecule has 0 saturated carbocycles. The first-order valence-electron chi connectivity index (χ1n) is 9.09. The van der Waals surface area contributed by atoms with Gasteiger partial charge in [-0.05, 0) is 50.3 Å². The summed E-state index contributed by atoms with van der Waals surface area (Å²) < 4.78 is 11.5. The van der Waals surface area contributed by atoms with Gasteiger partial charge in [-0.25, -0.2) is 4.79 Å². The van der Waals surface area contributed by atoms with E-state index in [4.69, 9.17) is 9.47 Å². The van der Waals surface area contributed by atoms with Gasteiger partial charge >= 0.3 is 6.09 Å². The molecule has 0 spiro atoms. The second-order valence-corrected chi connectivity index (χ2v) is 6.75. The molecule has 2 aliphatic rings. The summed E-state index contributed by atoms with van der Waals surface area (Å²) in [5.74, 6) is 0.695. The monoisotopic (exact) mass is 332 g/mol. The molecule has 2 heterocycles. The fourth-order valence-electron chi connectivity index (χ4n) is 3.34. The zero-order valence-corrected chi connectivity index (χ0v) is 14.3. The Hall–Kier alpha value is -1.59. The minimum absolute atomic E-state index is 0.212. The molecule has 5 nitrogen and oxygen atoms in total. The van der Waals surface area contributed by atoms with Gasteiger partial charge in [0.25, 0.3) is 0 Å². The molecule has 1 N–H and O–H groups in total. The molecule has 1 aromatic carbocycles. The van der Waals surface area contributed by atoms with Gasteiger partial charge in [0.1, 0.15) is 6.61 Å². The van der Waals surface area contributed by atoms with Crippen molar-refractivity contribution in [2.24, 2.45) is 5.92 Å². The van der Waals surface area contributed by atoms with Crippen LogP contribution in [0.1, 0.15) is 31.2 Å². The van der Waals surface area contributed by atoms with Gasteiger partial charge in [0.2, 0.25) is 0 Å². The predicted octanol–water partition coefficient (Wildman–Crippen LogP) is 2.80. The summed E-state index contributed by atoms with van der Waals surface area (Å²) in [4.78, 5) is 13.9. The highest BCUT2D eigenvalue weighted by molar-refractivity contribution is 5.67. The van der Waals surface area contributed by atoms with Gasteiger partial charge in [-0.15, -0.1) is 0 Å². The molecule has 132 valence electrons. The van der Waals surface area contributed by atoms with Crippen molar-refractivity contribution in [3.8, 4) is 0 Å². The molecule has 5 heteroatoms. The molecule has 0 atom stereocenters. The molecule has 0 unspecified atom stereocenters. The average Bonchev–Trinajstić information content (AvgIpc) is 2.66. The van der Waals surface area contributed by atoms with Gasteiger partial charge in [0, 0.05) is 19.7 Å². The van der Waals surface area contributed by atoms with Gasteiger partial charge in [0.15, 0.2) is 0 Å². The quantitative estimate of drug-likeness (QED) is 0.901. The first-order chi connectivity index (χ1) is 11.8. The normalized spacial score (nSPS) is 20.1. The van der Waals surface area contributed by atoms with Crippen molar-refractivity contribution < 1.29 is 14.3 Å². The second-order valence-electron chi connectivity index (χ2n) is 6.75. The van der Waals surface area contributed by atoms with E-state index in [0.29, 0.717) is 12.5 Å². The lowest BCUT2D eigenvalue weighted by molar-refractivity contribution is -0.0140. The van der Waals surface area contributed by atoms with Crippen LogP contribution in [0.3, 0.4) is 0 Å². The van der Waals surface area contributed by atoms with E-state index in [2.05, 4.69) is 5.32 Å². The summed E-state index contributed by atoms with van der Waals surface area (Å²) in [5, 5.41) is 3.38. The van der Waals surface area contributed by atoms with Crippen LogP contribution in [-0.2, 0) is 16.1 Å². The van der Waals surface area contributed by atoms with E-state index >= 15 is 0 Å². The Kier molecular flexibility index (Phi) is 6.49. The third-order valence-corrected chi connectivity index (χ3v) is 4.93. The Morgan fingerprint density at radius 1 is 1.08 bits per heavy atom. The van der Waals surface area contributed by atoms with E-state index in [1.165, 1.54) is 12.8 Å². The van der Waals surface area contributed by atoms with Crippen LogP contribution in [-0.4, -0.2) is 49.9 Å². The standard InChI is InChI=1S/C19H28N2O3/c22-19(24-15-16-4-2-1-3-5-16)21-12-8-18(9-13-21)23-14-17-6-10-20-11-7-17/h1-5,17-18,20H,6-15H2. The van der Waals surface area contributed by atoms with Crippen LogP contribution >= 0.6 is 0 Å². The molecule has 0 bridgehead atoms. The van der Waals surface area contributed by atoms with Gasteiger partial charge in [0.05, 0.1) is 6.10 Å². The first-order valence-corrected chi connectivity index (χ1v) is 9.09. The van der Waals surface area contributed by atoms with Crippen LogP contribution in [0.25, 0.3) is 0 Å². The zero-order chi connectivity index (χ0) is 16.6. The predicted molar refractivity (Wildman–Crippen MR) is 92.8 cm³/mol. The molecular formula is C19H28N2O3. The molecule has 0 aliphatic carbocycles. The number of benzene rings is 1. The lowest BCUT2D eigenvalue weighted by atomic mass is 9.99. The number of ether oxygens (including phenoxy) is 2. The molecule has 0 aromatic heterocycles. The van der Waals surface area contributed by atoms with Crippen LogP contribution in [0, 0.1) is 5.92 Å². The summed E-state index contributed by atoms with van der Waals surface area (Å²) >= 11 is 0. The highest BCUT2D eigenvalue weighted by Gasteiger charge is 2.25. The fourth-order valence-corrected chi connectivity index (χ4v) is 3.34. The number of likely N-dealkylation sites (tertiary alicyclic amines) is 1. The zero-order valence-electron chi connectivity index (χ0n) is 14.3. The Bertz CT molecular complexity index is 495. The number of hydrogen-bond donors (Lipinski definition) is 1. The number of rotatable bonds is 5. The number of nitrogens with zero attached hydrogens (tertiary/aromatic N) is 1. The molecule has 24 heavy (non-hydrogen) atoms. The molecular weight excluding hydrogens is 304 g/mol.